The number of rotatable bonds is 3. The van der Waals surface area contributed by atoms with Gasteiger partial charge in [-0.25, -0.2) is 0 Å². The van der Waals surface area contributed by atoms with Crippen molar-refractivity contribution >= 4 is 5.96 Å². The summed E-state index contributed by atoms with van der Waals surface area (Å²) in [6.45, 7) is 9.64. The Hall–Kier alpha value is -0.990. The highest BCUT2D eigenvalue weighted by molar-refractivity contribution is 5.81. The third-order valence-corrected chi connectivity index (χ3v) is 2.58. The molecule has 0 saturated carbocycles. The zero-order valence-corrected chi connectivity index (χ0v) is 7.88. The highest BCUT2D eigenvalue weighted by atomic mass is 15.3. The highest BCUT2D eigenvalue weighted by Gasteiger charge is 2.35. The van der Waals surface area contributed by atoms with Gasteiger partial charge in [0.1, 0.15) is 0 Å². The van der Waals surface area contributed by atoms with Gasteiger partial charge in [-0.1, -0.05) is 13.0 Å². The number of guanidine groups is 1. The molecule has 12 heavy (non-hydrogen) atoms. The van der Waals surface area contributed by atoms with E-state index in [0.717, 1.165) is 19.5 Å². The first-order valence-electron chi connectivity index (χ1n) is 4.32. The van der Waals surface area contributed by atoms with E-state index in [-0.39, 0.29) is 5.54 Å². The Bertz CT molecular complexity index is 210. The summed E-state index contributed by atoms with van der Waals surface area (Å²) in [6.07, 6.45) is 2.92. The molecular formula is C9H17N3. The van der Waals surface area contributed by atoms with Crippen molar-refractivity contribution in [2.75, 3.05) is 13.1 Å². The molecule has 3 nitrogen and oxygen atoms in total. The molecule has 0 saturated heterocycles. The van der Waals surface area contributed by atoms with E-state index < -0.39 is 0 Å². The maximum Gasteiger partial charge on any atom is 0.192 e. The van der Waals surface area contributed by atoms with Crippen LogP contribution in [0.4, 0.5) is 0 Å². The maximum absolute atomic E-state index is 5.74. The lowest BCUT2D eigenvalue weighted by Crippen LogP contribution is -2.49. The van der Waals surface area contributed by atoms with E-state index in [9.17, 15) is 0 Å². The molecule has 0 aromatic heterocycles. The van der Waals surface area contributed by atoms with Gasteiger partial charge in [0.05, 0.1) is 12.1 Å². The maximum atomic E-state index is 5.74. The molecule has 1 heterocycles. The molecule has 0 spiro atoms. The van der Waals surface area contributed by atoms with Gasteiger partial charge in [0.25, 0.3) is 0 Å². The average Bonchev–Trinajstić information content (AvgIpc) is 2.34. The quantitative estimate of drug-likeness (QED) is 0.636. The van der Waals surface area contributed by atoms with Gasteiger partial charge in [-0.05, 0) is 13.3 Å². The van der Waals surface area contributed by atoms with Gasteiger partial charge >= 0.3 is 0 Å². The Morgan fingerprint density at radius 3 is 3.00 bits per heavy atom. The average molecular weight is 167 g/mol. The third kappa shape index (κ3) is 1.31. The SMILES string of the molecule is C=CCN1C(N)=NCC1(C)CC. The van der Waals surface area contributed by atoms with Gasteiger partial charge in [-0.3, -0.25) is 4.99 Å². The first-order chi connectivity index (χ1) is 5.64. The van der Waals surface area contributed by atoms with Crippen LogP contribution in [0.2, 0.25) is 0 Å². The second-order valence-corrected chi connectivity index (χ2v) is 3.42. The normalized spacial score (nSPS) is 28.8. The summed E-state index contributed by atoms with van der Waals surface area (Å²) >= 11 is 0. The minimum absolute atomic E-state index is 0.109. The number of nitrogens with two attached hydrogens (primary N) is 1. The van der Waals surface area contributed by atoms with E-state index in [2.05, 4.69) is 30.3 Å². The predicted molar refractivity (Wildman–Crippen MR) is 52.1 cm³/mol. The third-order valence-electron chi connectivity index (χ3n) is 2.58. The van der Waals surface area contributed by atoms with Gasteiger partial charge < -0.3 is 10.6 Å². The first kappa shape index (κ1) is 9.10. The molecule has 1 unspecified atom stereocenters. The fraction of sp³-hybridized carbons (Fsp3) is 0.667. The van der Waals surface area contributed by atoms with Gasteiger partial charge in [0, 0.05) is 6.54 Å². The predicted octanol–water partition coefficient (Wildman–Crippen LogP) is 0.971. The minimum Gasteiger partial charge on any atom is -0.370 e. The van der Waals surface area contributed by atoms with E-state index in [0.29, 0.717) is 5.96 Å². The monoisotopic (exact) mass is 167 g/mol. The van der Waals surface area contributed by atoms with Crippen LogP contribution in [0.25, 0.3) is 0 Å². The highest BCUT2D eigenvalue weighted by Crippen LogP contribution is 2.24. The summed E-state index contributed by atoms with van der Waals surface area (Å²) < 4.78 is 0. The molecule has 0 aliphatic carbocycles. The lowest BCUT2D eigenvalue weighted by molar-refractivity contribution is 0.233. The zero-order chi connectivity index (χ0) is 9.19. The molecule has 0 radical (unpaired) electrons. The van der Waals surface area contributed by atoms with E-state index in [1.54, 1.807) is 0 Å². The number of hydrogen-bond donors (Lipinski definition) is 1. The summed E-state index contributed by atoms with van der Waals surface area (Å²) in [6, 6.07) is 0. The molecule has 1 atom stereocenters. The molecule has 1 aliphatic heterocycles. The second-order valence-electron chi connectivity index (χ2n) is 3.42. The number of hydrogen-bond acceptors (Lipinski definition) is 3. The fourth-order valence-electron chi connectivity index (χ4n) is 1.44. The standard InChI is InChI=1S/C9H17N3/c1-4-6-12-8(10)11-7-9(12,3)5-2/h4H,1,5-7H2,2-3H3,(H2,10,11). The van der Waals surface area contributed by atoms with Crippen LogP contribution in [0.1, 0.15) is 20.3 Å². The Morgan fingerprint density at radius 1 is 1.83 bits per heavy atom. The topological polar surface area (TPSA) is 41.6 Å². The summed E-state index contributed by atoms with van der Waals surface area (Å²) in [5.41, 5.74) is 5.85. The van der Waals surface area contributed by atoms with E-state index >= 15 is 0 Å². The van der Waals surface area contributed by atoms with Crippen molar-refractivity contribution in [3.8, 4) is 0 Å². The van der Waals surface area contributed by atoms with Crippen LogP contribution < -0.4 is 5.73 Å². The van der Waals surface area contributed by atoms with Crippen molar-refractivity contribution in [2.45, 2.75) is 25.8 Å². The smallest absolute Gasteiger partial charge is 0.192 e. The summed E-state index contributed by atoms with van der Waals surface area (Å²) in [4.78, 5) is 6.34. The molecule has 0 aromatic rings. The molecule has 3 heteroatoms. The van der Waals surface area contributed by atoms with Gasteiger partial charge in [-0.15, -0.1) is 6.58 Å². The summed E-state index contributed by atoms with van der Waals surface area (Å²) in [5, 5.41) is 0. The van der Waals surface area contributed by atoms with Crippen LogP contribution >= 0.6 is 0 Å². The Balaban J connectivity index is 2.75. The number of aliphatic imine (C=N–C) groups is 1. The van der Waals surface area contributed by atoms with Crippen LogP contribution in [-0.4, -0.2) is 29.5 Å². The van der Waals surface area contributed by atoms with E-state index in [1.165, 1.54) is 0 Å². The van der Waals surface area contributed by atoms with E-state index in [1.807, 2.05) is 6.08 Å². The molecule has 2 N–H and O–H groups in total. The summed E-state index contributed by atoms with van der Waals surface area (Å²) in [7, 11) is 0. The number of nitrogens with zero attached hydrogens (tertiary/aromatic N) is 2. The Kier molecular flexibility index (Phi) is 2.40. The fourth-order valence-corrected chi connectivity index (χ4v) is 1.44. The zero-order valence-electron chi connectivity index (χ0n) is 7.88. The summed E-state index contributed by atoms with van der Waals surface area (Å²) in [5.74, 6) is 0.652. The van der Waals surface area contributed by atoms with Crippen molar-refractivity contribution in [3.05, 3.63) is 12.7 Å². The minimum atomic E-state index is 0.109. The van der Waals surface area contributed by atoms with Crippen molar-refractivity contribution in [1.29, 1.82) is 0 Å². The lowest BCUT2D eigenvalue weighted by atomic mass is 9.98. The molecule has 0 aromatic carbocycles. The van der Waals surface area contributed by atoms with Crippen LogP contribution in [0.15, 0.2) is 17.6 Å². The van der Waals surface area contributed by atoms with Crippen LogP contribution in [0, 0.1) is 0 Å². The van der Waals surface area contributed by atoms with Crippen molar-refractivity contribution in [3.63, 3.8) is 0 Å². The largest absolute Gasteiger partial charge is 0.370 e. The van der Waals surface area contributed by atoms with Crippen molar-refractivity contribution in [1.82, 2.24) is 4.90 Å². The van der Waals surface area contributed by atoms with Crippen LogP contribution in [0.5, 0.6) is 0 Å². The molecule has 68 valence electrons. The van der Waals surface area contributed by atoms with Gasteiger partial charge in [0.15, 0.2) is 5.96 Å². The van der Waals surface area contributed by atoms with Crippen molar-refractivity contribution in [2.24, 2.45) is 10.7 Å². The Morgan fingerprint density at radius 2 is 2.50 bits per heavy atom. The van der Waals surface area contributed by atoms with Gasteiger partial charge in [-0.2, -0.15) is 0 Å². The first-order valence-corrected chi connectivity index (χ1v) is 4.32. The van der Waals surface area contributed by atoms with Gasteiger partial charge in [0.2, 0.25) is 0 Å². The molecule has 0 bridgehead atoms. The molecular weight excluding hydrogens is 150 g/mol. The molecule has 0 amide bonds. The van der Waals surface area contributed by atoms with Crippen LogP contribution in [-0.2, 0) is 0 Å². The lowest BCUT2D eigenvalue weighted by Gasteiger charge is -2.34. The molecule has 1 aliphatic rings. The van der Waals surface area contributed by atoms with Crippen molar-refractivity contribution < 1.29 is 0 Å². The molecule has 1 rings (SSSR count). The van der Waals surface area contributed by atoms with Crippen LogP contribution in [0.3, 0.4) is 0 Å². The van der Waals surface area contributed by atoms with E-state index in [4.69, 9.17) is 5.73 Å². The second kappa shape index (κ2) is 3.17. The Labute approximate surface area is 74.0 Å². The molecule has 0 fully saturated rings.